The average molecular weight is 211 g/mol. The van der Waals surface area contributed by atoms with Gasteiger partial charge in [0.1, 0.15) is 11.9 Å². The lowest BCUT2D eigenvalue weighted by Crippen LogP contribution is -1.93. The molecule has 0 aliphatic heterocycles. The lowest BCUT2D eigenvalue weighted by atomic mass is 10.1. The number of hydrogen-bond donors (Lipinski definition) is 1. The van der Waals surface area contributed by atoms with Crippen molar-refractivity contribution in [1.82, 2.24) is 0 Å². The summed E-state index contributed by atoms with van der Waals surface area (Å²) in [5.74, 6) is 0.624. The van der Waals surface area contributed by atoms with Gasteiger partial charge in [-0.05, 0) is 11.6 Å². The van der Waals surface area contributed by atoms with Crippen molar-refractivity contribution in [2.75, 3.05) is 12.4 Å². The van der Waals surface area contributed by atoms with E-state index in [0.717, 1.165) is 0 Å². The molecule has 0 atom stereocenters. The molecule has 1 aromatic rings. The molecule has 2 nitrogen and oxygen atoms in total. The van der Waals surface area contributed by atoms with Crippen LogP contribution >= 0.6 is 11.8 Å². The minimum absolute atomic E-state index is 0.0760. The molecular formula is C10H10FNOS. The smallest absolute Gasteiger partial charge is 0.144 e. The molecule has 1 aromatic carbocycles. The topological polar surface area (TPSA) is 44.0 Å². The number of thioether (sulfide) groups is 1. The zero-order chi connectivity index (χ0) is 10.4. The summed E-state index contributed by atoms with van der Waals surface area (Å²) < 4.78 is 13.4. The van der Waals surface area contributed by atoms with Crippen molar-refractivity contribution in [2.24, 2.45) is 0 Å². The van der Waals surface area contributed by atoms with Gasteiger partial charge in [0.15, 0.2) is 0 Å². The molecule has 0 aliphatic rings. The van der Waals surface area contributed by atoms with Gasteiger partial charge in [0.25, 0.3) is 0 Å². The van der Waals surface area contributed by atoms with Gasteiger partial charge >= 0.3 is 0 Å². The maximum Gasteiger partial charge on any atom is 0.144 e. The summed E-state index contributed by atoms with van der Waals surface area (Å²) >= 11 is 1.44. The number of hydrogen-bond acceptors (Lipinski definition) is 3. The Morgan fingerprint density at radius 2 is 2.29 bits per heavy atom. The van der Waals surface area contributed by atoms with E-state index < -0.39 is 5.82 Å². The molecule has 0 saturated heterocycles. The van der Waals surface area contributed by atoms with Crippen molar-refractivity contribution in [1.29, 1.82) is 5.26 Å². The molecule has 0 aromatic heterocycles. The van der Waals surface area contributed by atoms with Crippen molar-refractivity contribution in [3.05, 3.63) is 35.1 Å². The summed E-state index contributed by atoms with van der Waals surface area (Å²) in [6.45, 7) is 0.0875. The molecule has 0 unspecified atom stereocenters. The first-order valence-electron chi connectivity index (χ1n) is 4.15. The Bertz CT molecular complexity index is 348. The van der Waals surface area contributed by atoms with Crippen LogP contribution in [0.15, 0.2) is 18.2 Å². The fraction of sp³-hybridized carbons (Fsp3) is 0.300. The first-order chi connectivity index (χ1) is 6.79. The molecule has 0 fully saturated rings. The molecule has 0 amide bonds. The number of aliphatic hydroxyl groups is 1. The minimum Gasteiger partial charge on any atom is -0.396 e. The Labute approximate surface area is 86.4 Å². The third-order valence-electron chi connectivity index (χ3n) is 1.69. The molecule has 4 heteroatoms. The van der Waals surface area contributed by atoms with Crippen molar-refractivity contribution >= 4 is 11.8 Å². The van der Waals surface area contributed by atoms with Crippen LogP contribution in [-0.4, -0.2) is 17.5 Å². The first kappa shape index (κ1) is 11.0. The molecule has 0 bridgehead atoms. The first-order valence-corrected chi connectivity index (χ1v) is 5.31. The largest absolute Gasteiger partial charge is 0.396 e. The maximum atomic E-state index is 13.4. The van der Waals surface area contributed by atoms with E-state index in [9.17, 15) is 4.39 Å². The van der Waals surface area contributed by atoms with E-state index in [1.165, 1.54) is 17.8 Å². The lowest BCUT2D eigenvalue weighted by molar-refractivity contribution is 0.322. The molecule has 1 rings (SSSR count). The second-order valence-electron chi connectivity index (χ2n) is 2.67. The SMILES string of the molecule is N#Cc1cccc(CSCCO)c1F. The maximum absolute atomic E-state index is 13.4. The van der Waals surface area contributed by atoms with E-state index in [2.05, 4.69) is 0 Å². The molecule has 0 radical (unpaired) electrons. The van der Waals surface area contributed by atoms with E-state index in [-0.39, 0.29) is 12.2 Å². The quantitative estimate of drug-likeness (QED) is 0.774. The van der Waals surface area contributed by atoms with Gasteiger partial charge in [0, 0.05) is 11.5 Å². The van der Waals surface area contributed by atoms with E-state index in [0.29, 0.717) is 17.1 Å². The zero-order valence-electron chi connectivity index (χ0n) is 7.53. The van der Waals surface area contributed by atoms with Crippen LogP contribution < -0.4 is 0 Å². The van der Waals surface area contributed by atoms with Crippen molar-refractivity contribution in [3.8, 4) is 6.07 Å². The van der Waals surface area contributed by atoms with Crippen LogP contribution in [-0.2, 0) is 5.75 Å². The van der Waals surface area contributed by atoms with E-state index >= 15 is 0 Å². The highest BCUT2D eigenvalue weighted by Gasteiger charge is 2.06. The molecule has 74 valence electrons. The molecule has 14 heavy (non-hydrogen) atoms. The van der Waals surface area contributed by atoms with Crippen LogP contribution in [0.3, 0.4) is 0 Å². The third-order valence-corrected chi connectivity index (χ3v) is 2.68. The monoisotopic (exact) mass is 211 g/mol. The second-order valence-corrected chi connectivity index (χ2v) is 3.77. The minimum atomic E-state index is -0.444. The van der Waals surface area contributed by atoms with Gasteiger partial charge in [0.2, 0.25) is 0 Å². The van der Waals surface area contributed by atoms with Gasteiger partial charge in [0.05, 0.1) is 12.2 Å². The fourth-order valence-electron chi connectivity index (χ4n) is 1.02. The van der Waals surface area contributed by atoms with Crippen LogP contribution in [0.5, 0.6) is 0 Å². The number of rotatable bonds is 4. The predicted octanol–water partition coefficient (Wildman–Crippen LogP) is 1.92. The van der Waals surface area contributed by atoms with Crippen LogP contribution in [0.2, 0.25) is 0 Å². The number of halogens is 1. The van der Waals surface area contributed by atoms with Gasteiger partial charge in [-0.25, -0.2) is 4.39 Å². The summed E-state index contributed by atoms with van der Waals surface area (Å²) in [6.07, 6.45) is 0. The Hall–Kier alpha value is -1.05. The molecule has 0 heterocycles. The average Bonchev–Trinajstić information content (AvgIpc) is 2.21. The van der Waals surface area contributed by atoms with Crippen molar-refractivity contribution < 1.29 is 9.50 Å². The molecule has 0 saturated carbocycles. The number of nitriles is 1. The number of benzene rings is 1. The third kappa shape index (κ3) is 2.72. The fourth-order valence-corrected chi connectivity index (χ4v) is 1.74. The Balaban J connectivity index is 2.73. The lowest BCUT2D eigenvalue weighted by Gasteiger charge is -2.02. The van der Waals surface area contributed by atoms with Gasteiger partial charge in [-0.1, -0.05) is 12.1 Å². The van der Waals surface area contributed by atoms with Crippen LogP contribution in [0.25, 0.3) is 0 Å². The summed E-state index contributed by atoms with van der Waals surface area (Å²) in [4.78, 5) is 0. The Kier molecular flexibility index (Phi) is 4.44. The number of nitrogens with zero attached hydrogens (tertiary/aromatic N) is 1. The van der Waals surface area contributed by atoms with E-state index in [4.69, 9.17) is 10.4 Å². The highest BCUT2D eigenvalue weighted by molar-refractivity contribution is 7.98. The Morgan fingerprint density at radius 3 is 2.93 bits per heavy atom. The summed E-state index contributed by atoms with van der Waals surface area (Å²) in [7, 11) is 0. The van der Waals surface area contributed by atoms with E-state index in [1.54, 1.807) is 18.2 Å². The van der Waals surface area contributed by atoms with Gasteiger partial charge < -0.3 is 5.11 Å². The number of aliphatic hydroxyl groups excluding tert-OH is 1. The predicted molar refractivity (Wildman–Crippen MR) is 54.4 cm³/mol. The van der Waals surface area contributed by atoms with Crippen molar-refractivity contribution in [2.45, 2.75) is 5.75 Å². The zero-order valence-corrected chi connectivity index (χ0v) is 8.35. The second kappa shape index (κ2) is 5.63. The van der Waals surface area contributed by atoms with Crippen LogP contribution in [0.4, 0.5) is 4.39 Å². The van der Waals surface area contributed by atoms with Gasteiger partial charge in [-0.3, -0.25) is 0 Å². The van der Waals surface area contributed by atoms with E-state index in [1.807, 2.05) is 0 Å². The normalized spacial score (nSPS) is 9.79. The summed E-state index contributed by atoms with van der Waals surface area (Å²) in [5.41, 5.74) is 0.592. The molecular weight excluding hydrogens is 201 g/mol. The Morgan fingerprint density at radius 1 is 1.50 bits per heavy atom. The molecule has 0 aliphatic carbocycles. The molecule has 1 N–H and O–H groups in total. The van der Waals surface area contributed by atoms with Crippen LogP contribution in [0.1, 0.15) is 11.1 Å². The molecule has 0 spiro atoms. The highest BCUT2D eigenvalue weighted by Crippen LogP contribution is 2.17. The van der Waals surface area contributed by atoms with Gasteiger partial charge in [-0.2, -0.15) is 17.0 Å². The van der Waals surface area contributed by atoms with Crippen LogP contribution in [0, 0.1) is 17.1 Å². The van der Waals surface area contributed by atoms with Crippen molar-refractivity contribution in [3.63, 3.8) is 0 Å². The summed E-state index contributed by atoms with van der Waals surface area (Å²) in [6, 6.07) is 6.56. The standard InChI is InChI=1S/C10H10FNOS/c11-10-8(6-12)2-1-3-9(10)7-14-5-4-13/h1-3,13H,4-5,7H2. The van der Waals surface area contributed by atoms with Gasteiger partial charge in [-0.15, -0.1) is 0 Å². The summed E-state index contributed by atoms with van der Waals surface area (Å²) in [5, 5.41) is 17.1. The highest BCUT2D eigenvalue weighted by atomic mass is 32.2.